The topological polar surface area (TPSA) is 31.4 Å². The molecule has 1 fully saturated rings. The molecule has 0 spiro atoms. The van der Waals surface area contributed by atoms with Crippen LogP contribution in [0.4, 0.5) is 4.39 Å². The molecule has 5 heteroatoms. The van der Waals surface area contributed by atoms with E-state index in [1.54, 1.807) is 17.4 Å². The number of nitrogens with zero attached hydrogens (tertiary/aromatic N) is 1. The van der Waals surface area contributed by atoms with E-state index in [-0.39, 0.29) is 11.9 Å². The number of hydrogen-bond acceptors (Lipinski definition) is 4. The highest BCUT2D eigenvalue weighted by Gasteiger charge is 2.31. The first-order chi connectivity index (χ1) is 15.1. The van der Waals surface area contributed by atoms with E-state index in [9.17, 15) is 4.39 Å². The van der Waals surface area contributed by atoms with Crippen molar-refractivity contribution < 1.29 is 13.9 Å². The second-order valence-corrected chi connectivity index (χ2v) is 9.63. The molecule has 3 aromatic carbocycles. The summed E-state index contributed by atoms with van der Waals surface area (Å²) in [5, 5.41) is 1.03. The molecule has 6 rings (SSSR count). The van der Waals surface area contributed by atoms with Crippen LogP contribution in [0.2, 0.25) is 0 Å². The van der Waals surface area contributed by atoms with E-state index in [1.807, 2.05) is 37.3 Å². The van der Waals surface area contributed by atoms with Crippen molar-refractivity contribution in [2.45, 2.75) is 44.6 Å². The molecule has 0 saturated heterocycles. The maximum atomic E-state index is 14.8. The predicted octanol–water partition coefficient (Wildman–Crippen LogP) is 7.48. The zero-order chi connectivity index (χ0) is 20.9. The lowest BCUT2D eigenvalue weighted by atomic mass is 10.1. The lowest BCUT2D eigenvalue weighted by Gasteiger charge is -2.17. The normalized spacial score (nSPS) is 17.7. The Morgan fingerprint density at radius 2 is 1.77 bits per heavy atom. The number of aromatic nitrogens is 1. The van der Waals surface area contributed by atoms with Crippen LogP contribution < -0.4 is 9.47 Å². The zero-order valence-electron chi connectivity index (χ0n) is 17.2. The standard InChI is InChI=1S/C26H22FNO2S/c1-15-28-22-11-8-19(14-25(22)31-15)30-23-13-10-21(27)26-20(23)9-12-24(26)29-18-6-4-17(5-7-18)16-2-3-16/h4-8,10-11,13-14,16,24H,2-3,9,12H2,1H3. The maximum Gasteiger partial charge on any atom is 0.131 e. The highest BCUT2D eigenvalue weighted by Crippen LogP contribution is 2.44. The van der Waals surface area contributed by atoms with Crippen LogP contribution >= 0.6 is 11.3 Å². The molecule has 1 atom stereocenters. The summed E-state index contributed by atoms with van der Waals surface area (Å²) in [5.41, 5.74) is 3.87. The number of thiazole rings is 1. The highest BCUT2D eigenvalue weighted by atomic mass is 32.1. The third-order valence-corrected chi connectivity index (χ3v) is 7.07. The maximum absolute atomic E-state index is 14.8. The molecular weight excluding hydrogens is 409 g/mol. The average Bonchev–Trinajstić information content (AvgIpc) is 3.42. The third-order valence-electron chi connectivity index (χ3n) is 6.14. The number of hydrogen-bond donors (Lipinski definition) is 0. The fourth-order valence-electron chi connectivity index (χ4n) is 4.47. The van der Waals surface area contributed by atoms with Gasteiger partial charge < -0.3 is 9.47 Å². The van der Waals surface area contributed by atoms with E-state index in [0.717, 1.165) is 45.1 Å². The van der Waals surface area contributed by atoms with Crippen LogP contribution in [-0.4, -0.2) is 4.98 Å². The summed E-state index contributed by atoms with van der Waals surface area (Å²) in [7, 11) is 0. The molecule has 1 unspecified atom stereocenters. The van der Waals surface area contributed by atoms with Gasteiger partial charge >= 0.3 is 0 Å². The Balaban J connectivity index is 1.26. The number of ether oxygens (including phenoxy) is 2. The number of fused-ring (bicyclic) bond motifs is 2. The molecule has 3 nitrogen and oxygen atoms in total. The van der Waals surface area contributed by atoms with Crippen LogP contribution in [0.5, 0.6) is 17.2 Å². The van der Waals surface area contributed by atoms with E-state index in [4.69, 9.17) is 9.47 Å². The molecule has 1 saturated carbocycles. The van der Waals surface area contributed by atoms with Gasteiger partial charge in [-0.25, -0.2) is 9.37 Å². The van der Waals surface area contributed by atoms with Crippen molar-refractivity contribution in [2.75, 3.05) is 0 Å². The van der Waals surface area contributed by atoms with Gasteiger partial charge in [-0.2, -0.15) is 0 Å². The van der Waals surface area contributed by atoms with Gasteiger partial charge in [-0.1, -0.05) is 12.1 Å². The van der Waals surface area contributed by atoms with E-state index < -0.39 is 0 Å². The van der Waals surface area contributed by atoms with Crippen molar-refractivity contribution in [3.63, 3.8) is 0 Å². The van der Waals surface area contributed by atoms with Crippen LogP contribution in [-0.2, 0) is 6.42 Å². The second kappa shape index (κ2) is 7.34. The Morgan fingerprint density at radius 3 is 2.58 bits per heavy atom. The Labute approximate surface area is 184 Å². The summed E-state index contributed by atoms with van der Waals surface area (Å²) in [6.07, 6.45) is 3.73. The highest BCUT2D eigenvalue weighted by molar-refractivity contribution is 7.18. The Kier molecular flexibility index (Phi) is 4.46. The number of halogens is 1. The number of rotatable bonds is 5. The summed E-state index contributed by atoms with van der Waals surface area (Å²) in [5.74, 6) is 2.72. The number of aryl methyl sites for hydroxylation is 1. The third kappa shape index (κ3) is 3.57. The summed E-state index contributed by atoms with van der Waals surface area (Å²) in [6, 6.07) is 17.4. The fourth-order valence-corrected chi connectivity index (χ4v) is 5.32. The van der Waals surface area contributed by atoms with Gasteiger partial charge in [0.2, 0.25) is 0 Å². The van der Waals surface area contributed by atoms with Crippen molar-refractivity contribution in [2.24, 2.45) is 0 Å². The van der Waals surface area contributed by atoms with Crippen molar-refractivity contribution in [3.8, 4) is 17.2 Å². The average molecular weight is 432 g/mol. The first kappa shape index (κ1) is 18.8. The smallest absolute Gasteiger partial charge is 0.131 e. The van der Waals surface area contributed by atoms with Gasteiger partial charge in [0, 0.05) is 17.2 Å². The summed E-state index contributed by atoms with van der Waals surface area (Å²) in [6.45, 7) is 2.00. The van der Waals surface area contributed by atoms with Crippen molar-refractivity contribution in [1.82, 2.24) is 4.98 Å². The summed E-state index contributed by atoms with van der Waals surface area (Å²) in [4.78, 5) is 4.50. The molecular formula is C26H22FNO2S. The van der Waals surface area contributed by atoms with Gasteiger partial charge in [0.1, 0.15) is 29.2 Å². The van der Waals surface area contributed by atoms with Crippen LogP contribution in [0.3, 0.4) is 0 Å². The van der Waals surface area contributed by atoms with Gasteiger partial charge in [0.15, 0.2) is 0 Å². The van der Waals surface area contributed by atoms with Crippen LogP contribution in [0, 0.1) is 12.7 Å². The molecule has 2 aliphatic carbocycles. The first-order valence-corrected chi connectivity index (χ1v) is 11.6. The second-order valence-electron chi connectivity index (χ2n) is 8.39. The largest absolute Gasteiger partial charge is 0.486 e. The van der Waals surface area contributed by atoms with Crippen LogP contribution in [0.1, 0.15) is 53.0 Å². The van der Waals surface area contributed by atoms with E-state index in [0.29, 0.717) is 17.2 Å². The molecule has 31 heavy (non-hydrogen) atoms. The monoisotopic (exact) mass is 431 g/mol. The molecule has 0 aliphatic heterocycles. The minimum atomic E-state index is -0.294. The summed E-state index contributed by atoms with van der Waals surface area (Å²) >= 11 is 1.64. The number of benzene rings is 3. The van der Waals surface area contributed by atoms with Gasteiger partial charge in [-0.15, -0.1) is 11.3 Å². The molecule has 0 N–H and O–H groups in total. The van der Waals surface area contributed by atoms with Crippen molar-refractivity contribution in [3.05, 3.63) is 82.1 Å². The first-order valence-electron chi connectivity index (χ1n) is 10.8. The Hall–Kier alpha value is -2.92. The van der Waals surface area contributed by atoms with Gasteiger partial charge in [-0.05, 0) is 80.5 Å². The lowest BCUT2D eigenvalue weighted by Crippen LogP contribution is -2.06. The van der Waals surface area contributed by atoms with Gasteiger partial charge in [-0.3, -0.25) is 0 Å². The zero-order valence-corrected chi connectivity index (χ0v) is 18.0. The molecule has 1 heterocycles. The quantitative estimate of drug-likeness (QED) is 0.328. The van der Waals surface area contributed by atoms with E-state index in [2.05, 4.69) is 17.1 Å². The fraction of sp³-hybridized carbons (Fsp3) is 0.269. The summed E-state index contributed by atoms with van der Waals surface area (Å²) < 4.78 is 28.3. The minimum Gasteiger partial charge on any atom is -0.486 e. The molecule has 0 radical (unpaired) electrons. The van der Waals surface area contributed by atoms with E-state index >= 15 is 0 Å². The van der Waals surface area contributed by atoms with Gasteiger partial charge in [0.25, 0.3) is 0 Å². The van der Waals surface area contributed by atoms with Crippen LogP contribution in [0.25, 0.3) is 10.2 Å². The van der Waals surface area contributed by atoms with Crippen molar-refractivity contribution >= 4 is 21.6 Å². The molecule has 1 aromatic heterocycles. The molecule has 4 aromatic rings. The Bertz CT molecular complexity index is 1280. The van der Waals surface area contributed by atoms with Crippen LogP contribution in [0.15, 0.2) is 54.6 Å². The predicted molar refractivity (Wildman–Crippen MR) is 121 cm³/mol. The Morgan fingerprint density at radius 1 is 0.968 bits per heavy atom. The van der Waals surface area contributed by atoms with Crippen molar-refractivity contribution in [1.29, 1.82) is 0 Å². The minimum absolute atomic E-state index is 0.229. The van der Waals surface area contributed by atoms with E-state index in [1.165, 1.54) is 24.5 Å². The molecule has 0 bridgehead atoms. The molecule has 0 amide bonds. The SMILES string of the molecule is Cc1nc2ccc(Oc3ccc(F)c4c3CCC4Oc3ccc(C4CC4)cc3)cc2s1. The molecule has 156 valence electrons. The van der Waals surface area contributed by atoms with Gasteiger partial charge in [0.05, 0.1) is 15.2 Å². The molecule has 2 aliphatic rings. The lowest BCUT2D eigenvalue weighted by molar-refractivity contribution is 0.203.